The van der Waals surface area contributed by atoms with Crippen LogP contribution in [0.3, 0.4) is 0 Å². The fraction of sp³-hybridized carbons (Fsp3) is 0.250. The number of nitrogens with zero attached hydrogens (tertiary/aromatic N) is 1. The first-order valence-electron chi connectivity index (χ1n) is 5.52. The van der Waals surface area contributed by atoms with Crippen LogP contribution in [0.4, 0.5) is 0 Å². The smallest absolute Gasteiger partial charge is 0.345 e. The number of hydrogen-bond acceptors (Lipinski definition) is 4. The van der Waals surface area contributed by atoms with E-state index >= 15 is 0 Å². The fourth-order valence-corrected chi connectivity index (χ4v) is 2.47. The normalized spacial score (nSPS) is 10.6. The summed E-state index contributed by atoms with van der Waals surface area (Å²) < 4.78 is 1.20. The van der Waals surface area contributed by atoms with Gasteiger partial charge in [0.1, 0.15) is 4.88 Å². The van der Waals surface area contributed by atoms with Crippen LogP contribution >= 0.6 is 11.3 Å². The minimum Gasteiger partial charge on any atom is -0.477 e. The van der Waals surface area contributed by atoms with Crippen LogP contribution in [0.5, 0.6) is 0 Å². The number of aromatic amines is 1. The van der Waals surface area contributed by atoms with Crippen LogP contribution in [0.25, 0.3) is 0 Å². The van der Waals surface area contributed by atoms with E-state index in [0.717, 1.165) is 11.3 Å². The van der Waals surface area contributed by atoms with E-state index in [1.54, 1.807) is 19.9 Å². The zero-order valence-corrected chi connectivity index (χ0v) is 11.2. The van der Waals surface area contributed by atoms with Crippen molar-refractivity contribution in [2.45, 2.75) is 20.4 Å². The van der Waals surface area contributed by atoms with Gasteiger partial charge in [-0.1, -0.05) is 0 Å². The number of aromatic carboxylic acids is 1. The van der Waals surface area contributed by atoms with Crippen molar-refractivity contribution < 1.29 is 9.90 Å². The Bertz CT molecular complexity index is 754. The monoisotopic (exact) mass is 280 g/mol. The SMILES string of the molecule is Cc1c(C)c(=O)n(Cc2ccc(C(=O)O)s2)[nH]c1=O. The Kier molecular flexibility index (Phi) is 3.39. The zero-order valence-electron chi connectivity index (χ0n) is 10.4. The highest BCUT2D eigenvalue weighted by Gasteiger charge is 2.10. The molecule has 0 unspecified atom stereocenters. The van der Waals surface area contributed by atoms with Crippen molar-refractivity contribution in [2.75, 3.05) is 0 Å². The van der Waals surface area contributed by atoms with Gasteiger partial charge in [-0.2, -0.15) is 0 Å². The van der Waals surface area contributed by atoms with Gasteiger partial charge in [0.25, 0.3) is 11.1 Å². The van der Waals surface area contributed by atoms with Gasteiger partial charge in [0, 0.05) is 16.0 Å². The van der Waals surface area contributed by atoms with Gasteiger partial charge in [-0.25, -0.2) is 9.48 Å². The van der Waals surface area contributed by atoms with Gasteiger partial charge in [0.05, 0.1) is 6.54 Å². The van der Waals surface area contributed by atoms with E-state index in [9.17, 15) is 14.4 Å². The Morgan fingerprint density at radius 3 is 2.58 bits per heavy atom. The molecule has 0 radical (unpaired) electrons. The number of carboxylic acid groups (broad SMARTS) is 1. The first-order chi connectivity index (χ1) is 8.90. The molecule has 100 valence electrons. The Balaban J connectivity index is 2.41. The van der Waals surface area contributed by atoms with Crippen LogP contribution in [0.1, 0.15) is 25.7 Å². The summed E-state index contributed by atoms with van der Waals surface area (Å²) in [4.78, 5) is 35.2. The average molecular weight is 280 g/mol. The predicted octanol–water partition coefficient (Wildman–Crippen LogP) is 0.961. The van der Waals surface area contributed by atoms with Crippen molar-refractivity contribution >= 4 is 17.3 Å². The Hall–Kier alpha value is -2.15. The van der Waals surface area contributed by atoms with Gasteiger partial charge in [-0.05, 0) is 26.0 Å². The van der Waals surface area contributed by atoms with E-state index in [1.165, 1.54) is 10.7 Å². The van der Waals surface area contributed by atoms with Crippen molar-refractivity contribution in [3.63, 3.8) is 0 Å². The van der Waals surface area contributed by atoms with Crippen molar-refractivity contribution in [3.8, 4) is 0 Å². The largest absolute Gasteiger partial charge is 0.477 e. The molecule has 2 rings (SSSR count). The highest BCUT2D eigenvalue weighted by Crippen LogP contribution is 2.16. The lowest BCUT2D eigenvalue weighted by atomic mass is 10.2. The van der Waals surface area contributed by atoms with Crippen molar-refractivity contribution in [1.82, 2.24) is 9.78 Å². The molecular formula is C12H12N2O4S. The molecule has 2 heterocycles. The van der Waals surface area contributed by atoms with Crippen LogP contribution in [0.2, 0.25) is 0 Å². The molecule has 0 saturated heterocycles. The van der Waals surface area contributed by atoms with E-state index in [-0.39, 0.29) is 22.5 Å². The van der Waals surface area contributed by atoms with E-state index in [4.69, 9.17) is 5.11 Å². The topological polar surface area (TPSA) is 92.2 Å². The average Bonchev–Trinajstić information content (AvgIpc) is 2.82. The Labute approximate surface area is 111 Å². The van der Waals surface area contributed by atoms with Gasteiger partial charge in [0.15, 0.2) is 0 Å². The maximum atomic E-state index is 12.0. The van der Waals surface area contributed by atoms with E-state index in [2.05, 4.69) is 5.10 Å². The molecular weight excluding hydrogens is 268 g/mol. The Morgan fingerprint density at radius 2 is 2.00 bits per heavy atom. The third-order valence-electron chi connectivity index (χ3n) is 2.89. The van der Waals surface area contributed by atoms with Crippen molar-refractivity contribution in [1.29, 1.82) is 0 Å². The second kappa shape index (κ2) is 4.85. The van der Waals surface area contributed by atoms with Crippen LogP contribution < -0.4 is 11.1 Å². The minimum atomic E-state index is -1.00. The molecule has 2 aromatic heterocycles. The van der Waals surface area contributed by atoms with Crippen LogP contribution in [0.15, 0.2) is 21.7 Å². The van der Waals surface area contributed by atoms with E-state index < -0.39 is 5.97 Å². The molecule has 0 saturated carbocycles. The zero-order chi connectivity index (χ0) is 14.2. The standard InChI is InChI=1S/C12H12N2O4S/c1-6-7(2)11(16)14(13-10(6)15)5-8-3-4-9(19-8)12(17)18/h3-4H,5H2,1-2H3,(H,13,15)(H,17,18). The summed E-state index contributed by atoms with van der Waals surface area (Å²) in [5, 5.41) is 11.3. The number of aromatic nitrogens is 2. The molecule has 2 N–H and O–H groups in total. The van der Waals surface area contributed by atoms with E-state index in [0.29, 0.717) is 16.0 Å². The lowest BCUT2D eigenvalue weighted by molar-refractivity contribution is 0.0702. The molecule has 2 aromatic rings. The maximum Gasteiger partial charge on any atom is 0.345 e. The predicted molar refractivity (Wildman–Crippen MR) is 71.2 cm³/mol. The minimum absolute atomic E-state index is 0.160. The van der Waals surface area contributed by atoms with Gasteiger partial charge >= 0.3 is 5.97 Å². The number of hydrogen-bond donors (Lipinski definition) is 2. The fourth-order valence-electron chi connectivity index (χ4n) is 1.64. The molecule has 6 nitrogen and oxygen atoms in total. The third kappa shape index (κ3) is 2.50. The lowest BCUT2D eigenvalue weighted by Crippen LogP contribution is -2.33. The molecule has 0 fully saturated rings. The number of H-pyrrole nitrogens is 1. The number of carbonyl (C=O) groups is 1. The molecule has 0 aliphatic carbocycles. The van der Waals surface area contributed by atoms with Gasteiger partial charge in [-0.15, -0.1) is 11.3 Å². The van der Waals surface area contributed by atoms with Gasteiger partial charge in [-0.3, -0.25) is 14.7 Å². The summed E-state index contributed by atoms with van der Waals surface area (Å²) in [5.74, 6) is -1.00. The second-order valence-corrected chi connectivity index (χ2v) is 5.32. The first-order valence-corrected chi connectivity index (χ1v) is 6.34. The second-order valence-electron chi connectivity index (χ2n) is 4.15. The summed E-state index contributed by atoms with van der Waals surface area (Å²) in [6.07, 6.45) is 0. The molecule has 19 heavy (non-hydrogen) atoms. The first kappa shape index (κ1) is 13.3. The number of thiophene rings is 1. The molecule has 0 aliphatic heterocycles. The molecule has 0 amide bonds. The summed E-state index contributed by atoms with van der Waals surface area (Å²) in [7, 11) is 0. The highest BCUT2D eigenvalue weighted by atomic mass is 32.1. The van der Waals surface area contributed by atoms with Crippen LogP contribution in [-0.2, 0) is 6.54 Å². The maximum absolute atomic E-state index is 12.0. The molecule has 0 bridgehead atoms. The quantitative estimate of drug-likeness (QED) is 0.876. The third-order valence-corrected chi connectivity index (χ3v) is 3.95. The number of rotatable bonds is 3. The van der Waals surface area contributed by atoms with Gasteiger partial charge in [0.2, 0.25) is 0 Å². The molecule has 0 aliphatic rings. The number of carboxylic acids is 1. The summed E-state index contributed by atoms with van der Waals surface area (Å²) >= 11 is 1.08. The van der Waals surface area contributed by atoms with Crippen LogP contribution in [-0.4, -0.2) is 20.9 Å². The van der Waals surface area contributed by atoms with Crippen LogP contribution in [0, 0.1) is 13.8 Å². The lowest BCUT2D eigenvalue weighted by Gasteiger charge is -2.06. The summed E-state index contributed by atoms with van der Waals surface area (Å²) in [6, 6.07) is 3.11. The Morgan fingerprint density at radius 1 is 1.32 bits per heavy atom. The molecule has 0 spiro atoms. The molecule has 0 atom stereocenters. The highest BCUT2D eigenvalue weighted by molar-refractivity contribution is 7.13. The number of nitrogens with one attached hydrogen (secondary N) is 1. The van der Waals surface area contributed by atoms with E-state index in [1.807, 2.05) is 0 Å². The van der Waals surface area contributed by atoms with Crippen molar-refractivity contribution in [3.05, 3.63) is 53.7 Å². The summed E-state index contributed by atoms with van der Waals surface area (Å²) in [6.45, 7) is 3.35. The summed E-state index contributed by atoms with van der Waals surface area (Å²) in [5.41, 5.74) is 0.215. The van der Waals surface area contributed by atoms with Crippen molar-refractivity contribution in [2.24, 2.45) is 0 Å². The molecule has 7 heteroatoms. The van der Waals surface area contributed by atoms with Gasteiger partial charge < -0.3 is 5.11 Å². The molecule has 0 aromatic carbocycles.